The number of carbonyl (C=O) groups is 1. The van der Waals surface area contributed by atoms with Crippen LogP contribution in [0.1, 0.15) is 12.5 Å². The zero-order valence-electron chi connectivity index (χ0n) is 9.82. The van der Waals surface area contributed by atoms with E-state index >= 15 is 0 Å². The Bertz CT molecular complexity index is 612. The summed E-state index contributed by atoms with van der Waals surface area (Å²) in [6, 6.07) is 5.80. The molecule has 1 N–H and O–H groups in total. The molecule has 17 heavy (non-hydrogen) atoms. The Balaban J connectivity index is 2.32. The van der Waals surface area contributed by atoms with Gasteiger partial charge in [-0.05, 0) is 24.6 Å². The largest absolute Gasteiger partial charge is 0.466 e. The van der Waals surface area contributed by atoms with Gasteiger partial charge in [-0.3, -0.25) is 10.2 Å². The number of rotatable bonds is 3. The number of benzene rings is 1. The van der Waals surface area contributed by atoms with Crippen molar-refractivity contribution < 1.29 is 9.53 Å². The second-order valence-electron chi connectivity index (χ2n) is 3.75. The van der Waals surface area contributed by atoms with Crippen molar-refractivity contribution in [3.05, 3.63) is 28.6 Å². The van der Waals surface area contributed by atoms with E-state index in [9.17, 15) is 4.79 Å². The van der Waals surface area contributed by atoms with E-state index in [2.05, 4.69) is 0 Å². The summed E-state index contributed by atoms with van der Waals surface area (Å²) in [5.74, 6) is -0.209. The van der Waals surface area contributed by atoms with Gasteiger partial charge in [-0.25, -0.2) is 0 Å². The van der Waals surface area contributed by atoms with Gasteiger partial charge < -0.3 is 9.30 Å². The van der Waals surface area contributed by atoms with E-state index < -0.39 is 0 Å². The highest BCUT2D eigenvalue weighted by molar-refractivity contribution is 7.16. The molecule has 90 valence electrons. The Morgan fingerprint density at radius 1 is 1.53 bits per heavy atom. The van der Waals surface area contributed by atoms with Crippen LogP contribution in [0.2, 0.25) is 0 Å². The molecule has 2 aromatic rings. The molecule has 0 bridgehead atoms. The van der Waals surface area contributed by atoms with Crippen LogP contribution in [0, 0.1) is 5.41 Å². The molecule has 1 aromatic carbocycles. The monoisotopic (exact) mass is 250 g/mol. The van der Waals surface area contributed by atoms with Crippen LogP contribution >= 0.6 is 11.3 Å². The summed E-state index contributed by atoms with van der Waals surface area (Å²) in [7, 11) is 1.87. The molecule has 4 nitrogen and oxygen atoms in total. The molecule has 0 spiro atoms. The van der Waals surface area contributed by atoms with Crippen molar-refractivity contribution in [2.45, 2.75) is 13.3 Å². The zero-order valence-corrected chi connectivity index (χ0v) is 10.6. The lowest BCUT2D eigenvalue weighted by Crippen LogP contribution is -2.07. The normalized spacial score (nSPS) is 10.7. The van der Waals surface area contributed by atoms with Crippen molar-refractivity contribution in [3.8, 4) is 0 Å². The van der Waals surface area contributed by atoms with Crippen molar-refractivity contribution in [2.75, 3.05) is 6.61 Å². The molecular formula is C12H14N2O2S. The van der Waals surface area contributed by atoms with Crippen molar-refractivity contribution in [3.63, 3.8) is 0 Å². The molecule has 0 saturated heterocycles. The Morgan fingerprint density at radius 3 is 3.00 bits per heavy atom. The van der Waals surface area contributed by atoms with Gasteiger partial charge >= 0.3 is 5.97 Å². The number of nitrogens with one attached hydrogen (secondary N) is 1. The van der Waals surface area contributed by atoms with Gasteiger partial charge in [0.15, 0.2) is 4.80 Å². The fourth-order valence-corrected chi connectivity index (χ4v) is 2.65. The van der Waals surface area contributed by atoms with Crippen LogP contribution in [0.5, 0.6) is 0 Å². The van der Waals surface area contributed by atoms with E-state index in [1.165, 1.54) is 11.3 Å². The third kappa shape index (κ3) is 2.39. The minimum Gasteiger partial charge on any atom is -0.466 e. The maximum absolute atomic E-state index is 11.4. The van der Waals surface area contributed by atoms with Crippen molar-refractivity contribution in [2.24, 2.45) is 7.05 Å². The van der Waals surface area contributed by atoms with Crippen LogP contribution in [0.25, 0.3) is 10.2 Å². The number of fused-ring (bicyclic) bond motifs is 1. The number of thiazole rings is 1. The standard InChI is InChI=1S/C12H14N2O2S/c1-3-16-11(15)7-8-4-5-9-10(6-8)17-12(13)14(9)2/h4-6,13H,3,7H2,1-2H3. The molecule has 1 aromatic heterocycles. The maximum atomic E-state index is 11.4. The van der Waals surface area contributed by atoms with Crippen LogP contribution in [-0.4, -0.2) is 17.1 Å². The summed E-state index contributed by atoms with van der Waals surface area (Å²) in [5.41, 5.74) is 1.95. The average Bonchev–Trinajstić information content (AvgIpc) is 2.55. The number of carbonyl (C=O) groups excluding carboxylic acids is 1. The van der Waals surface area contributed by atoms with E-state index in [0.717, 1.165) is 15.8 Å². The van der Waals surface area contributed by atoms with Gasteiger partial charge in [0.2, 0.25) is 0 Å². The molecule has 2 rings (SSSR count). The van der Waals surface area contributed by atoms with Crippen LogP contribution in [0.4, 0.5) is 0 Å². The molecule has 5 heteroatoms. The average molecular weight is 250 g/mol. The first-order valence-corrected chi connectivity index (χ1v) is 6.22. The smallest absolute Gasteiger partial charge is 0.310 e. The Labute approximate surface area is 103 Å². The molecular weight excluding hydrogens is 236 g/mol. The van der Waals surface area contributed by atoms with E-state index in [0.29, 0.717) is 17.8 Å². The molecule has 0 radical (unpaired) electrons. The molecule has 0 fully saturated rings. The van der Waals surface area contributed by atoms with Crippen molar-refractivity contribution >= 4 is 27.5 Å². The Morgan fingerprint density at radius 2 is 2.29 bits per heavy atom. The van der Waals surface area contributed by atoms with Crippen LogP contribution in [0.15, 0.2) is 18.2 Å². The minimum absolute atomic E-state index is 0.209. The second-order valence-corrected chi connectivity index (χ2v) is 4.78. The van der Waals surface area contributed by atoms with Gasteiger partial charge in [0.1, 0.15) is 0 Å². The highest BCUT2D eigenvalue weighted by Gasteiger charge is 2.07. The molecule has 0 aliphatic rings. The number of nitrogens with zero attached hydrogens (tertiary/aromatic N) is 1. The SMILES string of the molecule is CCOC(=O)Cc1ccc2c(c1)sc(=N)n2C. The highest BCUT2D eigenvalue weighted by atomic mass is 32.1. The highest BCUT2D eigenvalue weighted by Crippen LogP contribution is 2.18. The first-order chi connectivity index (χ1) is 8.11. The van der Waals surface area contributed by atoms with Crippen LogP contribution < -0.4 is 4.80 Å². The summed E-state index contributed by atoms with van der Waals surface area (Å²) in [5, 5.41) is 7.72. The first-order valence-electron chi connectivity index (χ1n) is 5.40. The second kappa shape index (κ2) is 4.71. The molecule has 0 unspecified atom stereocenters. The number of hydrogen-bond acceptors (Lipinski definition) is 4. The molecule has 1 heterocycles. The first kappa shape index (κ1) is 11.9. The predicted octanol–water partition coefficient (Wildman–Crippen LogP) is 1.82. The fraction of sp³-hybridized carbons (Fsp3) is 0.333. The summed E-state index contributed by atoms with van der Waals surface area (Å²) < 4.78 is 7.76. The van der Waals surface area contributed by atoms with Gasteiger partial charge in [-0.15, -0.1) is 0 Å². The molecule has 0 saturated carbocycles. The van der Waals surface area contributed by atoms with Crippen molar-refractivity contribution in [1.29, 1.82) is 5.41 Å². The molecule has 0 amide bonds. The van der Waals surface area contributed by atoms with Crippen LogP contribution in [0.3, 0.4) is 0 Å². The summed E-state index contributed by atoms with van der Waals surface area (Å²) in [6.45, 7) is 2.21. The van der Waals surface area contributed by atoms with E-state index in [1.54, 1.807) is 6.92 Å². The number of esters is 1. The lowest BCUT2D eigenvalue weighted by atomic mass is 10.1. The number of hydrogen-bond donors (Lipinski definition) is 1. The Hall–Kier alpha value is -1.62. The summed E-state index contributed by atoms with van der Waals surface area (Å²) in [6.07, 6.45) is 0.290. The van der Waals surface area contributed by atoms with E-state index in [1.807, 2.05) is 29.8 Å². The van der Waals surface area contributed by atoms with E-state index in [-0.39, 0.29) is 5.97 Å². The molecule has 0 atom stereocenters. The van der Waals surface area contributed by atoms with Gasteiger partial charge in [-0.2, -0.15) is 0 Å². The van der Waals surface area contributed by atoms with Gasteiger partial charge in [0.05, 0.1) is 23.2 Å². The number of aromatic nitrogens is 1. The fourth-order valence-electron chi connectivity index (χ4n) is 1.69. The predicted molar refractivity (Wildman–Crippen MR) is 67.0 cm³/mol. The van der Waals surface area contributed by atoms with Gasteiger partial charge in [0.25, 0.3) is 0 Å². The molecule has 0 aliphatic carbocycles. The topological polar surface area (TPSA) is 55.1 Å². The number of aryl methyl sites for hydroxylation is 1. The zero-order chi connectivity index (χ0) is 12.4. The Kier molecular flexibility index (Phi) is 3.28. The minimum atomic E-state index is -0.209. The third-order valence-corrected chi connectivity index (χ3v) is 3.56. The quantitative estimate of drug-likeness (QED) is 0.845. The van der Waals surface area contributed by atoms with Gasteiger partial charge in [-0.1, -0.05) is 17.4 Å². The maximum Gasteiger partial charge on any atom is 0.310 e. The summed E-state index contributed by atoms with van der Waals surface area (Å²) >= 11 is 1.41. The lowest BCUT2D eigenvalue weighted by molar-refractivity contribution is -0.142. The third-order valence-electron chi connectivity index (χ3n) is 2.55. The van der Waals surface area contributed by atoms with E-state index in [4.69, 9.17) is 10.1 Å². The number of ether oxygens (including phenoxy) is 1. The lowest BCUT2D eigenvalue weighted by Gasteiger charge is -2.02. The molecule has 0 aliphatic heterocycles. The van der Waals surface area contributed by atoms with Gasteiger partial charge in [0, 0.05) is 7.05 Å². The van der Waals surface area contributed by atoms with Crippen molar-refractivity contribution in [1.82, 2.24) is 4.57 Å². The summed E-state index contributed by atoms with van der Waals surface area (Å²) in [4.78, 5) is 11.9. The van der Waals surface area contributed by atoms with Crippen LogP contribution in [-0.2, 0) is 23.0 Å².